The minimum absolute atomic E-state index is 0.0864. The molecule has 0 saturated carbocycles. The number of rotatable bonds is 3. The van der Waals surface area contributed by atoms with Gasteiger partial charge in [0.05, 0.1) is 16.5 Å². The monoisotopic (exact) mass is 287 g/mol. The van der Waals surface area contributed by atoms with Crippen LogP contribution in [0.25, 0.3) is 10.9 Å². The van der Waals surface area contributed by atoms with E-state index in [1.165, 1.54) is 6.07 Å². The third kappa shape index (κ3) is 3.11. The minimum atomic E-state index is -0.394. The zero-order valence-corrected chi connectivity index (χ0v) is 11.8. The molecule has 6 nitrogen and oxygen atoms in total. The molecule has 0 spiro atoms. The number of hydrogen-bond acceptors (Lipinski definition) is 5. The van der Waals surface area contributed by atoms with Crippen molar-refractivity contribution in [2.24, 2.45) is 0 Å². The van der Waals surface area contributed by atoms with Crippen LogP contribution in [0, 0.1) is 10.1 Å². The summed E-state index contributed by atoms with van der Waals surface area (Å²) in [7, 11) is 0. The number of aromatic nitrogens is 1. The number of pyridine rings is 1. The summed E-state index contributed by atoms with van der Waals surface area (Å²) >= 11 is 0. The first-order chi connectivity index (χ1) is 10.1. The fraction of sp³-hybridized carbons (Fsp3) is 0.400. The van der Waals surface area contributed by atoms with Crippen LogP contribution in [0.4, 0.5) is 11.5 Å². The van der Waals surface area contributed by atoms with Crippen molar-refractivity contribution in [2.45, 2.75) is 31.9 Å². The van der Waals surface area contributed by atoms with Gasteiger partial charge in [-0.25, -0.2) is 4.98 Å². The molecular formula is C15H17N3O3. The highest BCUT2D eigenvalue weighted by molar-refractivity contribution is 5.82. The van der Waals surface area contributed by atoms with Crippen molar-refractivity contribution in [1.29, 1.82) is 0 Å². The van der Waals surface area contributed by atoms with Gasteiger partial charge in [0.1, 0.15) is 5.82 Å². The summed E-state index contributed by atoms with van der Waals surface area (Å²) in [5.41, 5.74) is 0.842. The molecule has 0 aliphatic carbocycles. The molecule has 0 radical (unpaired) electrons. The van der Waals surface area contributed by atoms with Crippen molar-refractivity contribution < 1.29 is 9.66 Å². The standard InChI is InChI=1S/C15H17N3O3/c1-10-8-12(6-7-21-10)16-15-5-2-11-9-13(18(19)20)3-4-14(11)17-15/h2-5,9-10,12H,6-8H2,1H3,(H,16,17). The number of nitrogens with zero attached hydrogens (tertiary/aromatic N) is 2. The predicted octanol–water partition coefficient (Wildman–Crippen LogP) is 3.12. The first-order valence-corrected chi connectivity index (χ1v) is 7.05. The third-order valence-electron chi connectivity index (χ3n) is 3.72. The van der Waals surface area contributed by atoms with E-state index in [9.17, 15) is 10.1 Å². The van der Waals surface area contributed by atoms with E-state index in [2.05, 4.69) is 17.2 Å². The van der Waals surface area contributed by atoms with E-state index in [4.69, 9.17) is 4.74 Å². The largest absolute Gasteiger partial charge is 0.378 e. The lowest BCUT2D eigenvalue weighted by Crippen LogP contribution is -2.32. The van der Waals surface area contributed by atoms with E-state index in [1.54, 1.807) is 12.1 Å². The smallest absolute Gasteiger partial charge is 0.270 e. The molecule has 1 aromatic carbocycles. The molecular weight excluding hydrogens is 270 g/mol. The lowest BCUT2D eigenvalue weighted by Gasteiger charge is -2.28. The summed E-state index contributed by atoms with van der Waals surface area (Å²) in [4.78, 5) is 14.9. The Bertz CT molecular complexity index is 674. The number of ether oxygens (including phenoxy) is 1. The summed E-state index contributed by atoms with van der Waals surface area (Å²) in [5.74, 6) is 0.801. The van der Waals surface area contributed by atoms with Gasteiger partial charge in [-0.2, -0.15) is 0 Å². The SMILES string of the molecule is CC1CC(Nc2ccc3cc([N+](=O)[O-])ccc3n2)CCO1. The Hall–Kier alpha value is -2.21. The molecule has 0 bridgehead atoms. The Labute approximate surface area is 122 Å². The second-order valence-corrected chi connectivity index (χ2v) is 5.38. The zero-order chi connectivity index (χ0) is 14.8. The van der Waals surface area contributed by atoms with Gasteiger partial charge >= 0.3 is 0 Å². The molecule has 1 aliphatic rings. The van der Waals surface area contributed by atoms with Crippen molar-refractivity contribution in [1.82, 2.24) is 4.98 Å². The van der Waals surface area contributed by atoms with Crippen LogP contribution < -0.4 is 5.32 Å². The molecule has 2 atom stereocenters. The highest BCUT2D eigenvalue weighted by Crippen LogP contribution is 2.23. The summed E-state index contributed by atoms with van der Waals surface area (Å²) in [6, 6.07) is 8.80. The van der Waals surface area contributed by atoms with Gasteiger partial charge in [-0.05, 0) is 38.0 Å². The predicted molar refractivity (Wildman–Crippen MR) is 80.5 cm³/mol. The Morgan fingerprint density at radius 3 is 3.00 bits per heavy atom. The highest BCUT2D eigenvalue weighted by Gasteiger charge is 2.19. The summed E-state index contributed by atoms with van der Waals surface area (Å²) < 4.78 is 5.53. The maximum absolute atomic E-state index is 10.8. The van der Waals surface area contributed by atoms with Crippen molar-refractivity contribution >= 4 is 22.4 Å². The van der Waals surface area contributed by atoms with Crippen LogP contribution in [-0.4, -0.2) is 28.7 Å². The zero-order valence-electron chi connectivity index (χ0n) is 11.8. The number of nitro groups is 1. The molecule has 6 heteroatoms. The van der Waals surface area contributed by atoms with E-state index < -0.39 is 4.92 Å². The van der Waals surface area contributed by atoms with Gasteiger partial charge in [-0.1, -0.05) is 0 Å². The van der Waals surface area contributed by atoms with Crippen LogP contribution in [0.3, 0.4) is 0 Å². The van der Waals surface area contributed by atoms with Gasteiger partial charge in [0.15, 0.2) is 0 Å². The molecule has 1 saturated heterocycles. The van der Waals surface area contributed by atoms with Crippen LogP contribution in [0.15, 0.2) is 30.3 Å². The first-order valence-electron chi connectivity index (χ1n) is 7.05. The van der Waals surface area contributed by atoms with E-state index in [0.717, 1.165) is 36.2 Å². The normalized spacial score (nSPS) is 22.1. The highest BCUT2D eigenvalue weighted by atomic mass is 16.6. The van der Waals surface area contributed by atoms with E-state index >= 15 is 0 Å². The Morgan fingerprint density at radius 1 is 1.38 bits per heavy atom. The summed E-state index contributed by atoms with van der Waals surface area (Å²) in [6.45, 7) is 2.83. The van der Waals surface area contributed by atoms with Crippen LogP contribution in [0.5, 0.6) is 0 Å². The molecule has 110 valence electrons. The molecule has 1 N–H and O–H groups in total. The van der Waals surface area contributed by atoms with Crippen molar-refractivity contribution in [3.63, 3.8) is 0 Å². The number of fused-ring (bicyclic) bond motifs is 1. The third-order valence-corrected chi connectivity index (χ3v) is 3.72. The topological polar surface area (TPSA) is 77.3 Å². The number of benzene rings is 1. The maximum Gasteiger partial charge on any atom is 0.270 e. The van der Waals surface area contributed by atoms with Crippen LogP contribution in [0.1, 0.15) is 19.8 Å². The average molecular weight is 287 g/mol. The Morgan fingerprint density at radius 2 is 2.24 bits per heavy atom. The molecule has 2 unspecified atom stereocenters. The molecule has 3 rings (SSSR count). The molecule has 2 heterocycles. The van der Waals surface area contributed by atoms with Crippen LogP contribution in [0.2, 0.25) is 0 Å². The average Bonchev–Trinajstić information content (AvgIpc) is 2.46. The van der Waals surface area contributed by atoms with Crippen molar-refractivity contribution in [2.75, 3.05) is 11.9 Å². The second-order valence-electron chi connectivity index (χ2n) is 5.38. The molecule has 1 aromatic heterocycles. The fourth-order valence-electron chi connectivity index (χ4n) is 2.65. The van der Waals surface area contributed by atoms with Gasteiger partial charge in [-0.15, -0.1) is 0 Å². The van der Waals surface area contributed by atoms with Gasteiger partial charge in [-0.3, -0.25) is 10.1 Å². The van der Waals surface area contributed by atoms with Crippen molar-refractivity contribution in [3.05, 3.63) is 40.4 Å². The molecule has 21 heavy (non-hydrogen) atoms. The van der Waals surface area contributed by atoms with Crippen LogP contribution >= 0.6 is 0 Å². The summed E-state index contributed by atoms with van der Waals surface area (Å²) in [5, 5.41) is 15.0. The number of non-ortho nitro benzene ring substituents is 1. The van der Waals surface area contributed by atoms with Gasteiger partial charge in [0, 0.05) is 30.2 Å². The summed E-state index contributed by atoms with van der Waals surface area (Å²) in [6.07, 6.45) is 2.18. The second kappa shape index (κ2) is 5.65. The molecule has 1 aliphatic heterocycles. The van der Waals surface area contributed by atoms with Gasteiger partial charge < -0.3 is 10.1 Å². The Kier molecular flexibility index (Phi) is 3.70. The number of nitrogens with one attached hydrogen (secondary N) is 1. The maximum atomic E-state index is 10.8. The van der Waals surface area contributed by atoms with Gasteiger partial charge in [0.2, 0.25) is 0 Å². The number of hydrogen-bond donors (Lipinski definition) is 1. The number of nitro benzene ring substituents is 1. The molecule has 2 aromatic rings. The minimum Gasteiger partial charge on any atom is -0.378 e. The Balaban J connectivity index is 1.81. The van der Waals surface area contributed by atoms with Gasteiger partial charge in [0.25, 0.3) is 5.69 Å². The van der Waals surface area contributed by atoms with E-state index in [0.29, 0.717) is 6.04 Å². The lowest BCUT2D eigenvalue weighted by molar-refractivity contribution is -0.384. The lowest BCUT2D eigenvalue weighted by atomic mass is 10.0. The van der Waals surface area contributed by atoms with Crippen molar-refractivity contribution in [3.8, 4) is 0 Å². The number of anilines is 1. The van der Waals surface area contributed by atoms with E-state index in [1.807, 2.05) is 12.1 Å². The quantitative estimate of drug-likeness (QED) is 0.693. The molecule has 1 fully saturated rings. The molecule has 0 amide bonds. The van der Waals surface area contributed by atoms with E-state index in [-0.39, 0.29) is 11.8 Å². The first kappa shape index (κ1) is 13.8. The van der Waals surface area contributed by atoms with Crippen LogP contribution in [-0.2, 0) is 4.74 Å². The fourth-order valence-corrected chi connectivity index (χ4v) is 2.65.